The van der Waals surface area contributed by atoms with Crippen molar-refractivity contribution in [2.75, 3.05) is 33.4 Å². The molecule has 0 unspecified atom stereocenters. The van der Waals surface area contributed by atoms with Crippen molar-refractivity contribution in [2.45, 2.75) is 53.2 Å². The van der Waals surface area contributed by atoms with Gasteiger partial charge in [0.1, 0.15) is 25.1 Å². The van der Waals surface area contributed by atoms with Gasteiger partial charge in [0.15, 0.2) is 0 Å². The fourth-order valence-electron chi connectivity index (χ4n) is 4.16. The van der Waals surface area contributed by atoms with Crippen molar-refractivity contribution in [3.8, 4) is 28.6 Å². The van der Waals surface area contributed by atoms with Crippen LogP contribution in [-0.4, -0.2) is 70.6 Å². The van der Waals surface area contributed by atoms with Gasteiger partial charge in [-0.05, 0) is 86.8 Å². The number of nitrogens with one attached hydrogen (secondary N) is 1. The maximum Gasteiger partial charge on any atom is 0.258 e. The Morgan fingerprint density at radius 3 is 2.59 bits per heavy atom. The molecule has 0 bridgehead atoms. The fraction of sp³-hybridized carbons (Fsp3) is 0.464. The molecule has 3 aromatic rings. The number of nitrogens with zero attached hydrogens (tertiary/aromatic N) is 3. The molecule has 0 aliphatic rings. The second-order valence-corrected chi connectivity index (χ2v) is 9.36. The topological polar surface area (TPSA) is 121 Å². The number of carbonyl (C=O) groups is 1. The molecule has 1 atom stereocenters. The van der Waals surface area contributed by atoms with E-state index in [1.807, 2.05) is 32.0 Å². The summed E-state index contributed by atoms with van der Waals surface area (Å²) in [5.41, 5.74) is 6.00. The Hall–Kier alpha value is -3.27. The number of aromatic nitrogens is 2. The third kappa shape index (κ3) is 7.61. The highest BCUT2D eigenvalue weighted by atomic mass is 16.5. The van der Waals surface area contributed by atoms with Crippen molar-refractivity contribution >= 4 is 5.91 Å². The first-order valence-corrected chi connectivity index (χ1v) is 12.7. The lowest BCUT2D eigenvalue weighted by atomic mass is 10.0. The van der Waals surface area contributed by atoms with E-state index < -0.39 is 18.6 Å². The SMILES string of the molecule is CCCN(C)Cc1cc(-c2nc(-c3cc(C)c(OC[C@@H](O)CNC(=O)CO)c(CC)c3)no2)ccc1C. The summed E-state index contributed by atoms with van der Waals surface area (Å²) in [7, 11) is 2.12. The highest BCUT2D eigenvalue weighted by Gasteiger charge is 2.17. The van der Waals surface area contributed by atoms with E-state index in [9.17, 15) is 9.90 Å². The van der Waals surface area contributed by atoms with Crippen molar-refractivity contribution in [3.63, 3.8) is 0 Å². The van der Waals surface area contributed by atoms with Gasteiger partial charge < -0.3 is 29.7 Å². The highest BCUT2D eigenvalue weighted by molar-refractivity contribution is 5.76. The number of hydrogen-bond donors (Lipinski definition) is 3. The highest BCUT2D eigenvalue weighted by Crippen LogP contribution is 2.31. The van der Waals surface area contributed by atoms with Gasteiger partial charge in [-0.15, -0.1) is 0 Å². The molecule has 0 fully saturated rings. The van der Waals surface area contributed by atoms with E-state index in [1.165, 1.54) is 11.1 Å². The Morgan fingerprint density at radius 2 is 1.89 bits per heavy atom. The summed E-state index contributed by atoms with van der Waals surface area (Å²) < 4.78 is 11.5. The van der Waals surface area contributed by atoms with Crippen LogP contribution in [0.4, 0.5) is 0 Å². The van der Waals surface area contributed by atoms with Gasteiger partial charge in [0.25, 0.3) is 5.89 Å². The lowest BCUT2D eigenvalue weighted by Crippen LogP contribution is -2.36. The zero-order valence-corrected chi connectivity index (χ0v) is 22.4. The van der Waals surface area contributed by atoms with E-state index in [0.29, 0.717) is 23.9 Å². The van der Waals surface area contributed by atoms with Crippen molar-refractivity contribution in [2.24, 2.45) is 0 Å². The predicted octanol–water partition coefficient (Wildman–Crippen LogP) is 3.27. The molecule has 200 valence electrons. The predicted molar refractivity (Wildman–Crippen MR) is 142 cm³/mol. The number of rotatable bonds is 13. The van der Waals surface area contributed by atoms with Crippen LogP contribution in [-0.2, 0) is 17.8 Å². The summed E-state index contributed by atoms with van der Waals surface area (Å²) in [6.07, 6.45) is 0.910. The molecule has 0 aliphatic heterocycles. The molecule has 0 saturated carbocycles. The molecular formula is C28H38N4O5. The van der Waals surface area contributed by atoms with Gasteiger partial charge in [0.05, 0.1) is 0 Å². The molecule has 9 heteroatoms. The second-order valence-electron chi connectivity index (χ2n) is 9.36. The molecule has 0 spiro atoms. The first kappa shape index (κ1) is 28.3. The molecule has 0 saturated heterocycles. The Bertz CT molecular complexity index is 1190. The summed E-state index contributed by atoms with van der Waals surface area (Å²) in [5.74, 6) is 1.11. The van der Waals surface area contributed by atoms with Crippen LogP contribution in [0, 0.1) is 13.8 Å². The van der Waals surface area contributed by atoms with Crippen molar-refractivity contribution in [1.82, 2.24) is 20.4 Å². The van der Waals surface area contributed by atoms with E-state index in [4.69, 9.17) is 14.4 Å². The van der Waals surface area contributed by atoms with Crippen LogP contribution in [0.3, 0.4) is 0 Å². The average Bonchev–Trinajstić information content (AvgIpc) is 3.38. The third-order valence-corrected chi connectivity index (χ3v) is 6.16. The lowest BCUT2D eigenvalue weighted by Gasteiger charge is -2.17. The van der Waals surface area contributed by atoms with E-state index in [-0.39, 0.29) is 13.2 Å². The van der Waals surface area contributed by atoms with E-state index >= 15 is 0 Å². The summed E-state index contributed by atoms with van der Waals surface area (Å²) in [5, 5.41) is 25.6. The molecule has 37 heavy (non-hydrogen) atoms. The summed E-state index contributed by atoms with van der Waals surface area (Å²) >= 11 is 0. The van der Waals surface area contributed by atoms with E-state index in [2.05, 4.69) is 53.4 Å². The van der Waals surface area contributed by atoms with Gasteiger partial charge in [-0.1, -0.05) is 25.1 Å². The Morgan fingerprint density at radius 1 is 1.14 bits per heavy atom. The van der Waals surface area contributed by atoms with Crippen LogP contribution in [0.25, 0.3) is 22.8 Å². The first-order valence-electron chi connectivity index (χ1n) is 12.7. The second kappa shape index (κ2) is 13.3. The number of amides is 1. The summed E-state index contributed by atoms with van der Waals surface area (Å²) in [4.78, 5) is 18.1. The van der Waals surface area contributed by atoms with Gasteiger partial charge in [-0.3, -0.25) is 4.79 Å². The zero-order chi connectivity index (χ0) is 26.9. The van der Waals surface area contributed by atoms with Crippen LogP contribution >= 0.6 is 0 Å². The number of aliphatic hydroxyl groups is 2. The normalized spacial score (nSPS) is 12.1. The quantitative estimate of drug-likeness (QED) is 0.320. The van der Waals surface area contributed by atoms with Crippen molar-refractivity contribution in [1.29, 1.82) is 0 Å². The molecule has 9 nitrogen and oxygen atoms in total. The van der Waals surface area contributed by atoms with Gasteiger partial charge in [-0.25, -0.2) is 0 Å². The number of benzene rings is 2. The minimum Gasteiger partial charge on any atom is -0.490 e. The Kier molecular flexibility index (Phi) is 10.2. The summed E-state index contributed by atoms with van der Waals surface area (Å²) in [6.45, 7) is 9.52. The molecule has 3 rings (SSSR count). The van der Waals surface area contributed by atoms with E-state index in [0.717, 1.165) is 41.8 Å². The zero-order valence-electron chi connectivity index (χ0n) is 22.4. The Balaban J connectivity index is 1.77. The number of aryl methyl sites for hydroxylation is 3. The number of carbonyl (C=O) groups excluding carboxylic acids is 1. The van der Waals surface area contributed by atoms with Crippen LogP contribution in [0.2, 0.25) is 0 Å². The van der Waals surface area contributed by atoms with Crippen LogP contribution in [0.1, 0.15) is 42.5 Å². The third-order valence-electron chi connectivity index (χ3n) is 6.16. The average molecular weight is 511 g/mol. The van der Waals surface area contributed by atoms with Crippen LogP contribution in [0.15, 0.2) is 34.9 Å². The maximum atomic E-state index is 11.2. The molecule has 1 heterocycles. The minimum atomic E-state index is -0.903. The van der Waals surface area contributed by atoms with Crippen molar-refractivity contribution in [3.05, 3.63) is 52.6 Å². The number of aliphatic hydroxyl groups excluding tert-OH is 2. The fourth-order valence-corrected chi connectivity index (χ4v) is 4.16. The van der Waals surface area contributed by atoms with Crippen molar-refractivity contribution < 1.29 is 24.3 Å². The van der Waals surface area contributed by atoms with Gasteiger partial charge in [0, 0.05) is 24.2 Å². The van der Waals surface area contributed by atoms with Crippen LogP contribution in [0.5, 0.6) is 5.75 Å². The molecule has 0 radical (unpaired) electrons. The maximum absolute atomic E-state index is 11.2. The minimum absolute atomic E-state index is 0.000759. The molecule has 0 aliphatic carbocycles. The van der Waals surface area contributed by atoms with Gasteiger partial charge in [-0.2, -0.15) is 4.98 Å². The molecule has 3 N–H and O–H groups in total. The molecule has 2 aromatic carbocycles. The first-order chi connectivity index (χ1) is 17.7. The Labute approximate surface area is 218 Å². The van der Waals surface area contributed by atoms with Gasteiger partial charge in [0.2, 0.25) is 11.7 Å². The molecular weight excluding hydrogens is 472 g/mol. The van der Waals surface area contributed by atoms with E-state index in [1.54, 1.807) is 0 Å². The lowest BCUT2D eigenvalue weighted by molar-refractivity contribution is -0.124. The van der Waals surface area contributed by atoms with Gasteiger partial charge >= 0.3 is 0 Å². The van der Waals surface area contributed by atoms with Crippen LogP contribution < -0.4 is 10.1 Å². The standard InChI is InChI=1S/C28H38N4O5/c1-6-10-32(5)15-23-13-21(9-8-18(23)3)28-30-27(31-37-28)22-11-19(4)26(20(7-2)12-22)36-17-24(34)14-29-25(35)16-33/h8-9,11-13,24,33-34H,6-7,10,14-17H2,1-5H3,(H,29,35)/t24-/m0/s1. The largest absolute Gasteiger partial charge is 0.490 e. The molecule has 1 amide bonds. The molecule has 1 aromatic heterocycles. The number of hydrogen-bond acceptors (Lipinski definition) is 8. The summed E-state index contributed by atoms with van der Waals surface area (Å²) in [6, 6.07) is 10.1. The smallest absolute Gasteiger partial charge is 0.258 e. The number of ether oxygens (including phenoxy) is 1. The monoisotopic (exact) mass is 510 g/mol.